The lowest BCUT2D eigenvalue weighted by Crippen LogP contribution is -2.37. The van der Waals surface area contributed by atoms with E-state index in [0.717, 1.165) is 41.1 Å². The van der Waals surface area contributed by atoms with Gasteiger partial charge in [-0.1, -0.05) is 26.8 Å². The summed E-state index contributed by atoms with van der Waals surface area (Å²) in [5.41, 5.74) is 3.27. The van der Waals surface area contributed by atoms with Crippen molar-refractivity contribution < 1.29 is 19.1 Å². The Balaban J connectivity index is 1.39. The van der Waals surface area contributed by atoms with Gasteiger partial charge in [0.15, 0.2) is 11.5 Å². The van der Waals surface area contributed by atoms with Gasteiger partial charge in [-0.2, -0.15) is 0 Å². The number of hydrogen-bond acceptors (Lipinski definition) is 5. The SMILES string of the molecule is CN(C)C(=O)CC1c2cc(NC(=O)C3(c4ccc5c(c4)OCO5)CC3)ccc2NC1C(C)(C)C. The van der Waals surface area contributed by atoms with Gasteiger partial charge in [-0.3, -0.25) is 9.59 Å². The van der Waals surface area contributed by atoms with Gasteiger partial charge >= 0.3 is 0 Å². The third-order valence-electron chi connectivity index (χ3n) is 7.36. The fourth-order valence-corrected chi connectivity index (χ4v) is 5.16. The van der Waals surface area contributed by atoms with Crippen LogP contribution >= 0.6 is 0 Å². The zero-order chi connectivity index (χ0) is 24.3. The molecule has 1 saturated carbocycles. The van der Waals surface area contributed by atoms with Crippen molar-refractivity contribution in [1.82, 2.24) is 4.90 Å². The molecule has 2 amide bonds. The maximum Gasteiger partial charge on any atom is 0.235 e. The molecule has 2 heterocycles. The van der Waals surface area contributed by atoms with Gasteiger partial charge in [0.2, 0.25) is 18.6 Å². The number of nitrogens with zero attached hydrogens (tertiary/aromatic N) is 1. The summed E-state index contributed by atoms with van der Waals surface area (Å²) >= 11 is 0. The van der Waals surface area contributed by atoms with Crippen LogP contribution in [0.3, 0.4) is 0 Å². The van der Waals surface area contributed by atoms with E-state index in [0.29, 0.717) is 12.2 Å². The number of rotatable bonds is 5. The lowest BCUT2D eigenvalue weighted by atomic mass is 9.77. The largest absolute Gasteiger partial charge is 0.454 e. The zero-order valence-electron chi connectivity index (χ0n) is 20.5. The van der Waals surface area contributed by atoms with Gasteiger partial charge in [-0.25, -0.2) is 0 Å². The van der Waals surface area contributed by atoms with E-state index in [2.05, 4.69) is 31.4 Å². The summed E-state index contributed by atoms with van der Waals surface area (Å²) in [4.78, 5) is 27.7. The van der Waals surface area contributed by atoms with Gasteiger partial charge < -0.3 is 25.0 Å². The normalized spacial score (nSPS) is 21.4. The number of carbonyl (C=O) groups is 2. The topological polar surface area (TPSA) is 79.9 Å². The van der Waals surface area contributed by atoms with E-state index in [-0.39, 0.29) is 36.0 Å². The summed E-state index contributed by atoms with van der Waals surface area (Å²) in [6, 6.07) is 11.9. The van der Waals surface area contributed by atoms with Crippen LogP contribution in [0.5, 0.6) is 11.5 Å². The highest BCUT2D eigenvalue weighted by molar-refractivity contribution is 6.01. The van der Waals surface area contributed by atoms with E-state index in [1.807, 2.05) is 36.4 Å². The average Bonchev–Trinajstić information content (AvgIpc) is 3.32. The first-order valence-electron chi connectivity index (χ1n) is 11.9. The molecule has 0 aromatic heterocycles. The van der Waals surface area contributed by atoms with E-state index in [4.69, 9.17) is 9.47 Å². The first kappa shape index (κ1) is 22.6. The molecule has 7 heteroatoms. The van der Waals surface area contributed by atoms with E-state index in [1.165, 1.54) is 0 Å². The van der Waals surface area contributed by atoms with Crippen molar-refractivity contribution in [3.8, 4) is 11.5 Å². The van der Waals surface area contributed by atoms with E-state index < -0.39 is 5.41 Å². The van der Waals surface area contributed by atoms with Crippen molar-refractivity contribution >= 4 is 23.2 Å². The quantitative estimate of drug-likeness (QED) is 0.683. The molecule has 34 heavy (non-hydrogen) atoms. The van der Waals surface area contributed by atoms with Crippen molar-refractivity contribution in [2.45, 2.75) is 57.4 Å². The molecule has 0 radical (unpaired) electrons. The molecule has 2 N–H and O–H groups in total. The lowest BCUT2D eigenvalue weighted by Gasteiger charge is -2.33. The Bertz CT molecular complexity index is 1150. The Morgan fingerprint density at radius 1 is 1.09 bits per heavy atom. The molecule has 2 aromatic carbocycles. The van der Waals surface area contributed by atoms with Crippen molar-refractivity contribution in [1.29, 1.82) is 0 Å². The third-order valence-corrected chi connectivity index (χ3v) is 7.36. The summed E-state index contributed by atoms with van der Waals surface area (Å²) in [6.07, 6.45) is 2.03. The smallest absolute Gasteiger partial charge is 0.235 e. The number of ether oxygens (including phenoxy) is 2. The fourth-order valence-electron chi connectivity index (χ4n) is 5.16. The molecule has 1 fully saturated rings. The van der Waals surface area contributed by atoms with Crippen LogP contribution in [-0.4, -0.2) is 43.6 Å². The van der Waals surface area contributed by atoms with Crippen LogP contribution in [-0.2, 0) is 15.0 Å². The van der Waals surface area contributed by atoms with Crippen LogP contribution in [0.1, 0.15) is 57.1 Å². The van der Waals surface area contributed by atoms with Crippen molar-refractivity contribution in [3.05, 3.63) is 47.5 Å². The molecule has 0 spiro atoms. The molecular formula is C27H33N3O4. The Morgan fingerprint density at radius 3 is 2.50 bits per heavy atom. The van der Waals surface area contributed by atoms with Crippen LogP contribution in [0.4, 0.5) is 11.4 Å². The molecular weight excluding hydrogens is 430 g/mol. The average molecular weight is 464 g/mol. The molecule has 1 aliphatic carbocycles. The third kappa shape index (κ3) is 3.87. The Hall–Kier alpha value is -3.22. The van der Waals surface area contributed by atoms with Gasteiger partial charge in [0.25, 0.3) is 0 Å². The molecule has 0 bridgehead atoms. The minimum absolute atomic E-state index is 0.00874. The van der Waals surface area contributed by atoms with Crippen LogP contribution in [0.2, 0.25) is 0 Å². The van der Waals surface area contributed by atoms with Crippen LogP contribution in [0, 0.1) is 5.41 Å². The molecule has 7 nitrogen and oxygen atoms in total. The summed E-state index contributed by atoms with van der Waals surface area (Å²) in [5.74, 6) is 1.54. The number of nitrogens with one attached hydrogen (secondary N) is 2. The number of hydrogen-bond donors (Lipinski definition) is 2. The van der Waals surface area contributed by atoms with Crippen LogP contribution < -0.4 is 20.1 Å². The maximum atomic E-state index is 13.4. The van der Waals surface area contributed by atoms with Crippen molar-refractivity contribution in [2.24, 2.45) is 5.41 Å². The minimum atomic E-state index is -0.535. The lowest BCUT2D eigenvalue weighted by molar-refractivity contribution is -0.129. The molecule has 2 aromatic rings. The minimum Gasteiger partial charge on any atom is -0.454 e. The first-order chi connectivity index (χ1) is 16.1. The molecule has 2 unspecified atom stereocenters. The Kier molecular flexibility index (Phi) is 5.26. The number of anilines is 2. The molecule has 2 aliphatic heterocycles. The van der Waals surface area contributed by atoms with Crippen LogP contribution in [0.15, 0.2) is 36.4 Å². The van der Waals surface area contributed by atoms with Crippen molar-refractivity contribution in [3.63, 3.8) is 0 Å². The van der Waals surface area contributed by atoms with Gasteiger partial charge in [-0.15, -0.1) is 0 Å². The highest BCUT2D eigenvalue weighted by atomic mass is 16.7. The van der Waals surface area contributed by atoms with Gasteiger partial charge in [0, 0.05) is 43.9 Å². The molecule has 180 valence electrons. The number of benzene rings is 2. The van der Waals surface area contributed by atoms with Crippen LogP contribution in [0.25, 0.3) is 0 Å². The van der Waals surface area contributed by atoms with Gasteiger partial charge in [0.05, 0.1) is 5.41 Å². The second kappa shape index (κ2) is 7.93. The van der Waals surface area contributed by atoms with Gasteiger partial charge in [-0.05, 0) is 59.7 Å². The number of amides is 2. The predicted octanol–water partition coefficient (Wildman–Crippen LogP) is 4.49. The molecule has 2 atom stereocenters. The summed E-state index contributed by atoms with van der Waals surface area (Å²) in [6.45, 7) is 6.78. The molecule has 0 saturated heterocycles. The second-order valence-electron chi connectivity index (χ2n) is 11.0. The monoisotopic (exact) mass is 463 g/mol. The highest BCUT2D eigenvalue weighted by Crippen LogP contribution is 2.51. The number of fused-ring (bicyclic) bond motifs is 2. The predicted molar refractivity (Wildman–Crippen MR) is 131 cm³/mol. The highest BCUT2D eigenvalue weighted by Gasteiger charge is 2.52. The summed E-state index contributed by atoms with van der Waals surface area (Å²) < 4.78 is 10.9. The Morgan fingerprint density at radius 2 is 1.82 bits per heavy atom. The van der Waals surface area contributed by atoms with E-state index >= 15 is 0 Å². The van der Waals surface area contributed by atoms with Gasteiger partial charge in [0.1, 0.15) is 0 Å². The number of carbonyl (C=O) groups excluding carboxylic acids is 2. The summed E-state index contributed by atoms with van der Waals surface area (Å²) in [5, 5.41) is 6.79. The fraction of sp³-hybridized carbons (Fsp3) is 0.481. The van der Waals surface area contributed by atoms with Crippen molar-refractivity contribution in [2.75, 3.05) is 31.5 Å². The maximum absolute atomic E-state index is 13.4. The van der Waals surface area contributed by atoms with E-state index in [1.54, 1.807) is 19.0 Å². The summed E-state index contributed by atoms with van der Waals surface area (Å²) in [7, 11) is 3.58. The Labute approximate surface area is 200 Å². The molecule has 5 rings (SSSR count). The standard InChI is InChI=1S/C27H33N3O4/c1-26(2,3)24-19(14-23(31)30(4)5)18-13-17(7-8-20(18)29-24)28-25(32)27(10-11-27)16-6-9-21-22(12-16)34-15-33-21/h6-9,12-13,19,24,29H,10-11,14-15H2,1-5H3,(H,28,32). The second-order valence-corrected chi connectivity index (χ2v) is 11.0. The van der Waals surface area contributed by atoms with E-state index in [9.17, 15) is 9.59 Å². The zero-order valence-corrected chi connectivity index (χ0v) is 20.5. The molecule has 3 aliphatic rings. The first-order valence-corrected chi connectivity index (χ1v) is 11.9.